The van der Waals surface area contributed by atoms with Crippen molar-refractivity contribution in [3.8, 4) is 0 Å². The van der Waals surface area contributed by atoms with Gasteiger partial charge in [0.05, 0.1) is 0 Å². The number of hydrogen-bond acceptors (Lipinski definition) is 2. The first-order chi connectivity index (χ1) is 11.7. The summed E-state index contributed by atoms with van der Waals surface area (Å²) in [5.74, 6) is -46.8. The van der Waals surface area contributed by atoms with Crippen molar-refractivity contribution in [2.45, 2.75) is 29.6 Å². The monoisotopic (exact) mass is 422 g/mol. The van der Waals surface area contributed by atoms with Gasteiger partial charge in [0.2, 0.25) is 0 Å². The van der Waals surface area contributed by atoms with Crippen LogP contribution in [0.25, 0.3) is 0 Å². The molecule has 0 saturated heterocycles. The molecular formula is C9H8F10N6O2. The Kier molecular flexibility index (Phi) is 6.02. The molecule has 2 amide bonds. The smallest absolute Gasteiger partial charge is 0.370 e. The van der Waals surface area contributed by atoms with Gasteiger partial charge >= 0.3 is 41.4 Å². The van der Waals surface area contributed by atoms with Gasteiger partial charge in [0.25, 0.3) is 0 Å². The molecule has 0 aromatic rings. The van der Waals surface area contributed by atoms with Crippen LogP contribution in [0.15, 0.2) is 9.98 Å². The van der Waals surface area contributed by atoms with E-state index >= 15 is 0 Å². The number of aliphatic imine (C=N–C) groups is 2. The van der Waals surface area contributed by atoms with E-state index in [9.17, 15) is 53.5 Å². The summed E-state index contributed by atoms with van der Waals surface area (Å²) in [6, 6.07) is 0. The van der Waals surface area contributed by atoms with Crippen LogP contribution >= 0.6 is 0 Å². The SMILES string of the molecule is NC(N)=NC(=O)C(F)(F)C(F)(F)C(F)(F)C(F)(F)C(F)(F)C(=O)N=C(N)N. The van der Waals surface area contributed by atoms with Crippen LogP contribution in [0.1, 0.15) is 0 Å². The first-order valence-electron chi connectivity index (χ1n) is 5.85. The fourth-order valence-corrected chi connectivity index (χ4v) is 1.24. The summed E-state index contributed by atoms with van der Waals surface area (Å²) in [6.07, 6.45) is 0. The maximum atomic E-state index is 13.4. The Bertz CT molecular complexity index is 625. The Balaban J connectivity index is 6.43. The fourth-order valence-electron chi connectivity index (χ4n) is 1.24. The highest BCUT2D eigenvalue weighted by Gasteiger charge is 2.89. The minimum Gasteiger partial charge on any atom is -0.370 e. The molecule has 0 aliphatic rings. The molecular weight excluding hydrogens is 414 g/mol. The second-order valence-corrected chi connectivity index (χ2v) is 4.56. The zero-order valence-electron chi connectivity index (χ0n) is 12.3. The van der Waals surface area contributed by atoms with Crippen LogP contribution in [-0.2, 0) is 9.59 Å². The summed E-state index contributed by atoms with van der Waals surface area (Å²) in [4.78, 5) is 25.0. The van der Waals surface area contributed by atoms with E-state index in [0.29, 0.717) is 0 Å². The molecule has 0 bridgehead atoms. The molecule has 0 radical (unpaired) electrons. The standard InChI is InChI=1S/C9H8F10N6O2/c10-5(11,1(26)24-3(20)21)7(14,15)9(18,19)8(16,17)6(12,13)2(27)25-4(22)23/h(H4,20,21,24,26)(H4,22,23,25,27). The number of rotatable bonds is 6. The number of nitrogens with two attached hydrogens (primary N) is 4. The molecule has 0 saturated carbocycles. The third kappa shape index (κ3) is 3.68. The van der Waals surface area contributed by atoms with Crippen LogP contribution in [0.2, 0.25) is 0 Å². The maximum absolute atomic E-state index is 13.4. The minimum atomic E-state index is -7.71. The van der Waals surface area contributed by atoms with Gasteiger partial charge in [-0.2, -0.15) is 53.9 Å². The molecule has 0 unspecified atom stereocenters. The molecule has 18 heteroatoms. The average Bonchev–Trinajstić information content (AvgIpc) is 2.44. The normalized spacial score (nSPS) is 13.7. The van der Waals surface area contributed by atoms with Crippen molar-refractivity contribution in [3.05, 3.63) is 0 Å². The van der Waals surface area contributed by atoms with Crippen molar-refractivity contribution >= 4 is 23.7 Å². The lowest BCUT2D eigenvalue weighted by Gasteiger charge is -2.37. The molecule has 0 aromatic carbocycles. The number of carbonyl (C=O) groups is 2. The number of carbonyl (C=O) groups excluding carboxylic acids is 2. The second-order valence-electron chi connectivity index (χ2n) is 4.56. The number of alkyl halides is 10. The number of hydrogen-bond donors (Lipinski definition) is 4. The zero-order valence-corrected chi connectivity index (χ0v) is 12.3. The van der Waals surface area contributed by atoms with E-state index < -0.39 is 53.3 Å². The van der Waals surface area contributed by atoms with Crippen LogP contribution in [0, 0.1) is 0 Å². The molecule has 0 aliphatic carbocycles. The third-order valence-corrected chi connectivity index (χ3v) is 2.58. The number of amides is 2. The highest BCUT2D eigenvalue weighted by Crippen LogP contribution is 2.57. The van der Waals surface area contributed by atoms with Crippen LogP contribution < -0.4 is 22.9 Å². The quantitative estimate of drug-likeness (QED) is 0.262. The molecule has 27 heavy (non-hydrogen) atoms. The van der Waals surface area contributed by atoms with Gasteiger partial charge in [-0.3, -0.25) is 9.59 Å². The summed E-state index contributed by atoms with van der Waals surface area (Å²) < 4.78 is 133. The lowest BCUT2D eigenvalue weighted by molar-refractivity contribution is -0.387. The molecule has 156 valence electrons. The summed E-state index contributed by atoms with van der Waals surface area (Å²) in [5.41, 5.74) is 17.5. The molecule has 0 spiro atoms. The van der Waals surface area contributed by atoms with Gasteiger partial charge in [0, 0.05) is 0 Å². The highest BCUT2D eigenvalue weighted by atomic mass is 19.4. The van der Waals surface area contributed by atoms with Gasteiger partial charge < -0.3 is 22.9 Å². The molecule has 0 atom stereocenters. The predicted molar refractivity (Wildman–Crippen MR) is 66.4 cm³/mol. The average molecular weight is 422 g/mol. The maximum Gasteiger partial charge on any atom is 0.395 e. The largest absolute Gasteiger partial charge is 0.395 e. The molecule has 0 heterocycles. The summed E-state index contributed by atoms with van der Waals surface area (Å²) in [7, 11) is 0. The van der Waals surface area contributed by atoms with E-state index in [1.807, 2.05) is 0 Å². The summed E-state index contributed by atoms with van der Waals surface area (Å²) in [5, 5.41) is 0. The Morgan fingerprint density at radius 3 is 0.926 bits per heavy atom. The van der Waals surface area contributed by atoms with Crippen molar-refractivity contribution in [1.29, 1.82) is 0 Å². The minimum absolute atomic E-state index is 1.67. The van der Waals surface area contributed by atoms with Crippen LogP contribution in [0.4, 0.5) is 43.9 Å². The second kappa shape index (κ2) is 6.72. The fraction of sp³-hybridized carbons (Fsp3) is 0.556. The van der Waals surface area contributed by atoms with Crippen LogP contribution in [0.5, 0.6) is 0 Å². The van der Waals surface area contributed by atoms with E-state index in [-0.39, 0.29) is 0 Å². The van der Waals surface area contributed by atoms with E-state index in [2.05, 4.69) is 22.9 Å². The number of halogens is 10. The molecule has 8 N–H and O–H groups in total. The van der Waals surface area contributed by atoms with Gasteiger partial charge in [-0.15, -0.1) is 0 Å². The van der Waals surface area contributed by atoms with Gasteiger partial charge in [-0.05, 0) is 0 Å². The molecule has 0 aromatic heterocycles. The van der Waals surface area contributed by atoms with Gasteiger partial charge in [0.1, 0.15) is 0 Å². The van der Waals surface area contributed by atoms with Gasteiger partial charge in [0.15, 0.2) is 11.9 Å². The van der Waals surface area contributed by atoms with Gasteiger partial charge in [-0.25, -0.2) is 0 Å². The van der Waals surface area contributed by atoms with Crippen LogP contribution in [-0.4, -0.2) is 53.3 Å². The molecule has 8 nitrogen and oxygen atoms in total. The molecule has 0 aliphatic heterocycles. The van der Waals surface area contributed by atoms with E-state index in [0.717, 1.165) is 0 Å². The van der Waals surface area contributed by atoms with Crippen molar-refractivity contribution in [2.75, 3.05) is 0 Å². The molecule has 0 rings (SSSR count). The first-order valence-corrected chi connectivity index (χ1v) is 5.85. The lowest BCUT2D eigenvalue weighted by atomic mass is 9.93. The van der Waals surface area contributed by atoms with Gasteiger partial charge in [-0.1, -0.05) is 0 Å². The Hall–Kier alpha value is -2.82. The van der Waals surface area contributed by atoms with E-state index in [4.69, 9.17) is 0 Å². The Morgan fingerprint density at radius 1 is 0.519 bits per heavy atom. The number of guanidine groups is 2. The first kappa shape index (κ1) is 24.2. The molecule has 0 fully saturated rings. The third-order valence-electron chi connectivity index (χ3n) is 2.58. The van der Waals surface area contributed by atoms with Crippen molar-refractivity contribution in [3.63, 3.8) is 0 Å². The van der Waals surface area contributed by atoms with Crippen molar-refractivity contribution < 1.29 is 53.5 Å². The highest BCUT2D eigenvalue weighted by molar-refractivity contribution is 5.97. The van der Waals surface area contributed by atoms with E-state index in [1.54, 1.807) is 9.98 Å². The Labute approximate surface area is 141 Å². The Morgan fingerprint density at radius 2 is 0.741 bits per heavy atom. The summed E-state index contributed by atoms with van der Waals surface area (Å²) >= 11 is 0. The number of nitrogens with zero attached hydrogens (tertiary/aromatic N) is 2. The zero-order chi connectivity index (χ0) is 22.2. The lowest BCUT2D eigenvalue weighted by Crippen LogP contribution is -2.70. The van der Waals surface area contributed by atoms with Crippen molar-refractivity contribution in [2.24, 2.45) is 32.9 Å². The summed E-state index contributed by atoms with van der Waals surface area (Å²) in [6.45, 7) is 0. The van der Waals surface area contributed by atoms with E-state index in [1.165, 1.54) is 0 Å². The predicted octanol–water partition coefficient (Wildman–Crippen LogP) is -0.237. The van der Waals surface area contributed by atoms with Crippen LogP contribution in [0.3, 0.4) is 0 Å². The topological polar surface area (TPSA) is 163 Å². The van der Waals surface area contributed by atoms with Crippen molar-refractivity contribution in [1.82, 2.24) is 0 Å².